The zero-order chi connectivity index (χ0) is 23.9. The summed E-state index contributed by atoms with van der Waals surface area (Å²) >= 11 is 0. The fraction of sp³-hybridized carbons (Fsp3) is 0.333. The number of sulfonamides is 1. The third-order valence-corrected chi connectivity index (χ3v) is 8.25. The minimum atomic E-state index is -3.64. The van der Waals surface area contributed by atoms with E-state index >= 15 is 0 Å². The third-order valence-electron chi connectivity index (χ3n) is 6.34. The van der Waals surface area contributed by atoms with Crippen LogP contribution >= 0.6 is 0 Å². The van der Waals surface area contributed by atoms with Gasteiger partial charge < -0.3 is 14.1 Å². The second kappa shape index (κ2) is 8.74. The molecule has 1 saturated heterocycles. The molecule has 1 aliphatic heterocycles. The summed E-state index contributed by atoms with van der Waals surface area (Å²) < 4.78 is 52.1. The Morgan fingerprint density at radius 3 is 2.50 bits per heavy atom. The third kappa shape index (κ3) is 4.13. The highest BCUT2D eigenvalue weighted by atomic mass is 32.2. The van der Waals surface area contributed by atoms with Gasteiger partial charge in [-0.05, 0) is 54.3 Å². The number of rotatable bonds is 6. The largest absolute Gasteiger partial charge is 0.497 e. The number of nitriles is 1. The van der Waals surface area contributed by atoms with Crippen molar-refractivity contribution < 1.29 is 22.0 Å². The minimum Gasteiger partial charge on any atom is -0.497 e. The lowest BCUT2D eigenvalue weighted by atomic mass is 10.1. The Balaban J connectivity index is 1.28. The molecule has 0 bridgehead atoms. The van der Waals surface area contributed by atoms with Crippen LogP contribution < -0.4 is 9.64 Å². The number of ether oxygens (including phenoxy) is 1. The van der Waals surface area contributed by atoms with Gasteiger partial charge >= 0.3 is 0 Å². The number of piperazine rings is 1. The van der Waals surface area contributed by atoms with E-state index < -0.39 is 10.0 Å². The first-order chi connectivity index (χ1) is 16.4. The molecule has 3 aromatic rings. The average Bonchev–Trinajstić information content (AvgIpc) is 3.55. The van der Waals surface area contributed by atoms with Crippen LogP contribution in [0.15, 0.2) is 57.8 Å². The van der Waals surface area contributed by atoms with Gasteiger partial charge in [-0.15, -0.1) is 0 Å². The first kappa shape index (κ1) is 22.4. The van der Waals surface area contributed by atoms with E-state index in [2.05, 4.69) is 11.1 Å². The molecule has 8 nitrogen and oxygen atoms in total. The molecule has 2 unspecified atom stereocenters. The smallest absolute Gasteiger partial charge is 0.243 e. The topological polar surface area (TPSA) is 99.7 Å². The van der Waals surface area contributed by atoms with E-state index in [-0.39, 0.29) is 41.3 Å². The van der Waals surface area contributed by atoms with Crippen molar-refractivity contribution in [3.63, 3.8) is 0 Å². The van der Waals surface area contributed by atoms with E-state index in [1.807, 2.05) is 11.0 Å². The number of aromatic nitrogens is 1. The Morgan fingerprint density at radius 1 is 1.12 bits per heavy atom. The van der Waals surface area contributed by atoms with E-state index in [1.165, 1.54) is 35.7 Å². The van der Waals surface area contributed by atoms with E-state index in [1.54, 1.807) is 18.2 Å². The van der Waals surface area contributed by atoms with Crippen molar-refractivity contribution in [2.24, 2.45) is 0 Å². The zero-order valence-corrected chi connectivity index (χ0v) is 19.3. The number of halogens is 1. The van der Waals surface area contributed by atoms with Crippen molar-refractivity contribution in [2.45, 2.75) is 23.2 Å². The molecule has 176 valence electrons. The Labute approximate surface area is 197 Å². The molecular formula is C24H23FN4O4S. The number of anilines is 1. The molecule has 5 rings (SSSR count). The Bertz CT molecular complexity index is 1340. The predicted molar refractivity (Wildman–Crippen MR) is 122 cm³/mol. The predicted octanol–water partition coefficient (Wildman–Crippen LogP) is 3.48. The van der Waals surface area contributed by atoms with Crippen LogP contribution in [0.3, 0.4) is 0 Å². The molecule has 2 fully saturated rings. The van der Waals surface area contributed by atoms with E-state index in [0.717, 1.165) is 12.0 Å². The Morgan fingerprint density at radius 2 is 1.85 bits per heavy atom. The number of nitrogens with zero attached hydrogens (tertiary/aromatic N) is 4. The van der Waals surface area contributed by atoms with Gasteiger partial charge in [-0.2, -0.15) is 9.57 Å². The normalized spacial score (nSPS) is 20.7. The van der Waals surface area contributed by atoms with Crippen LogP contribution in [0.1, 0.15) is 35.4 Å². The average molecular weight is 483 g/mol. The van der Waals surface area contributed by atoms with E-state index in [9.17, 15) is 18.1 Å². The molecule has 1 saturated carbocycles. The summed E-state index contributed by atoms with van der Waals surface area (Å²) in [7, 11) is -2.11. The van der Waals surface area contributed by atoms with Crippen molar-refractivity contribution in [2.75, 3.05) is 38.2 Å². The molecule has 2 atom stereocenters. The zero-order valence-electron chi connectivity index (χ0n) is 18.5. The Hall–Kier alpha value is -3.42. The summed E-state index contributed by atoms with van der Waals surface area (Å²) in [4.78, 5) is 6.45. The molecule has 1 aliphatic carbocycles. The van der Waals surface area contributed by atoms with Gasteiger partial charge in [0.05, 0.1) is 12.0 Å². The first-order valence-corrected chi connectivity index (χ1v) is 12.4. The van der Waals surface area contributed by atoms with Gasteiger partial charge in [0.2, 0.25) is 27.5 Å². The van der Waals surface area contributed by atoms with Gasteiger partial charge in [-0.3, -0.25) is 0 Å². The number of oxazole rings is 1. The van der Waals surface area contributed by atoms with Crippen LogP contribution in [0.4, 0.5) is 10.3 Å². The lowest BCUT2D eigenvalue weighted by Crippen LogP contribution is -2.48. The lowest BCUT2D eigenvalue weighted by molar-refractivity contribution is 0.370. The number of hydrogen-bond acceptors (Lipinski definition) is 7. The van der Waals surface area contributed by atoms with E-state index in [4.69, 9.17) is 9.15 Å². The SMILES string of the molecule is COc1ccc(S(=O)(=O)N2CCN(c3oc(C4CC4c4cccc(F)c4)nc3C#N)CC2)cc1. The van der Waals surface area contributed by atoms with Crippen LogP contribution in [-0.4, -0.2) is 51.0 Å². The number of benzene rings is 2. The van der Waals surface area contributed by atoms with Gasteiger partial charge in [0, 0.05) is 32.1 Å². The molecule has 0 radical (unpaired) electrons. The highest BCUT2D eigenvalue weighted by Crippen LogP contribution is 2.55. The van der Waals surface area contributed by atoms with Crippen molar-refractivity contribution in [1.82, 2.24) is 9.29 Å². The summed E-state index contributed by atoms with van der Waals surface area (Å²) in [6.45, 7) is 1.25. The van der Waals surface area contributed by atoms with E-state index in [0.29, 0.717) is 30.6 Å². The highest BCUT2D eigenvalue weighted by Gasteiger charge is 2.44. The van der Waals surface area contributed by atoms with Gasteiger partial charge in [0.25, 0.3) is 0 Å². The van der Waals surface area contributed by atoms with Gasteiger partial charge in [0.15, 0.2) is 0 Å². The maximum absolute atomic E-state index is 13.6. The number of methoxy groups -OCH3 is 1. The summed E-state index contributed by atoms with van der Waals surface area (Å²) in [5.74, 6) is 1.25. The molecule has 1 aromatic heterocycles. The van der Waals surface area contributed by atoms with Crippen LogP contribution in [0.25, 0.3) is 0 Å². The van der Waals surface area contributed by atoms with Crippen LogP contribution in [0, 0.1) is 17.1 Å². The molecular weight excluding hydrogens is 459 g/mol. The van der Waals surface area contributed by atoms with Crippen LogP contribution in [0.5, 0.6) is 5.75 Å². The highest BCUT2D eigenvalue weighted by molar-refractivity contribution is 7.89. The number of hydrogen-bond donors (Lipinski definition) is 0. The van der Waals surface area contributed by atoms with Crippen LogP contribution in [-0.2, 0) is 10.0 Å². The Kier molecular flexibility index (Phi) is 5.75. The summed E-state index contributed by atoms with van der Waals surface area (Å²) in [6.07, 6.45) is 0.780. The lowest BCUT2D eigenvalue weighted by Gasteiger charge is -2.33. The summed E-state index contributed by atoms with van der Waals surface area (Å²) in [6, 6.07) is 14.9. The quantitative estimate of drug-likeness (QED) is 0.530. The second-order valence-corrected chi connectivity index (χ2v) is 10.3. The monoisotopic (exact) mass is 482 g/mol. The first-order valence-electron chi connectivity index (χ1n) is 11.0. The molecule has 0 spiro atoms. The molecule has 0 amide bonds. The molecule has 34 heavy (non-hydrogen) atoms. The van der Waals surface area contributed by atoms with Gasteiger partial charge in [0.1, 0.15) is 17.6 Å². The molecule has 2 aromatic carbocycles. The standard InChI is InChI=1S/C24H23FN4O4S/c1-32-18-5-7-19(8-6-18)34(30,31)29-11-9-28(10-12-29)24-22(15-26)27-23(33-24)21-14-20(21)16-3-2-4-17(25)13-16/h2-8,13,20-21H,9-12,14H2,1H3. The van der Waals surface area contributed by atoms with Crippen molar-refractivity contribution in [3.8, 4) is 11.8 Å². The maximum atomic E-state index is 13.6. The fourth-order valence-corrected chi connectivity index (χ4v) is 5.80. The van der Waals surface area contributed by atoms with Crippen molar-refractivity contribution >= 4 is 15.9 Å². The molecule has 2 aliphatic rings. The van der Waals surface area contributed by atoms with Crippen molar-refractivity contribution in [3.05, 3.63) is 71.5 Å². The second-order valence-electron chi connectivity index (χ2n) is 8.39. The van der Waals surface area contributed by atoms with Crippen molar-refractivity contribution in [1.29, 1.82) is 5.26 Å². The van der Waals surface area contributed by atoms with Crippen LogP contribution in [0.2, 0.25) is 0 Å². The molecule has 0 N–H and O–H groups in total. The maximum Gasteiger partial charge on any atom is 0.243 e. The summed E-state index contributed by atoms with van der Waals surface area (Å²) in [5, 5.41) is 9.59. The van der Waals surface area contributed by atoms with Gasteiger partial charge in [-0.1, -0.05) is 12.1 Å². The van der Waals surface area contributed by atoms with Gasteiger partial charge in [-0.25, -0.2) is 17.8 Å². The minimum absolute atomic E-state index is 0.000566. The fourth-order valence-electron chi connectivity index (χ4n) is 4.38. The molecule has 2 heterocycles. The molecule has 10 heteroatoms. The summed E-state index contributed by atoms with van der Waals surface area (Å²) in [5.41, 5.74) is 1.08.